The van der Waals surface area contributed by atoms with E-state index in [1.807, 2.05) is 6.92 Å². The summed E-state index contributed by atoms with van der Waals surface area (Å²) in [5.74, 6) is -0.892. The lowest BCUT2D eigenvalue weighted by Gasteiger charge is -2.06. The van der Waals surface area contributed by atoms with Crippen LogP contribution in [0, 0.1) is 0 Å². The Kier molecular flexibility index (Phi) is 19.7. The van der Waals surface area contributed by atoms with E-state index < -0.39 is 12.1 Å². The van der Waals surface area contributed by atoms with Crippen molar-refractivity contribution in [2.45, 2.75) is 32.8 Å². The molecule has 0 aliphatic carbocycles. The number of rotatable bonds is 12. The molecule has 0 aliphatic heterocycles. The number of aliphatic hydroxyl groups is 2. The van der Waals surface area contributed by atoms with Gasteiger partial charge in [0.15, 0.2) is 6.10 Å². The van der Waals surface area contributed by atoms with Crippen LogP contribution in [0.4, 0.5) is 0 Å². The first-order chi connectivity index (χ1) is 9.59. The Labute approximate surface area is 120 Å². The van der Waals surface area contributed by atoms with Gasteiger partial charge in [0, 0.05) is 6.61 Å². The summed E-state index contributed by atoms with van der Waals surface area (Å²) in [4.78, 5) is 10.2. The maximum absolute atomic E-state index is 10.2. The van der Waals surface area contributed by atoms with E-state index in [1.165, 1.54) is 6.92 Å². The summed E-state index contributed by atoms with van der Waals surface area (Å²) < 4.78 is 14.7. The summed E-state index contributed by atoms with van der Waals surface area (Å²) in [6, 6.07) is 0. The van der Waals surface area contributed by atoms with E-state index in [0.717, 1.165) is 12.8 Å². The number of unbranched alkanes of at least 4 members (excludes halogenated alkanes) is 1. The van der Waals surface area contributed by atoms with Crippen molar-refractivity contribution in [3.8, 4) is 0 Å². The summed E-state index contributed by atoms with van der Waals surface area (Å²) >= 11 is 0. The van der Waals surface area contributed by atoms with Crippen molar-refractivity contribution in [2.24, 2.45) is 0 Å². The fourth-order valence-corrected chi connectivity index (χ4v) is 0.927. The van der Waals surface area contributed by atoms with Crippen molar-refractivity contribution in [1.29, 1.82) is 0 Å². The number of hydrogen-bond acceptors (Lipinski definition) is 6. The highest BCUT2D eigenvalue weighted by Gasteiger charge is 2.09. The normalized spacial score (nSPS) is 11.6. The number of carboxylic acids is 1. The van der Waals surface area contributed by atoms with Gasteiger partial charge in [-0.2, -0.15) is 0 Å². The van der Waals surface area contributed by atoms with Gasteiger partial charge in [0.25, 0.3) is 0 Å². The fraction of sp³-hybridized carbons (Fsp3) is 0.923. The second-order valence-electron chi connectivity index (χ2n) is 3.88. The third-order valence-electron chi connectivity index (χ3n) is 2.06. The molecule has 7 heteroatoms. The average Bonchev–Trinajstić information content (AvgIpc) is 2.43. The number of aliphatic hydroxyl groups excluding tert-OH is 2. The molecule has 0 amide bonds. The van der Waals surface area contributed by atoms with Crippen molar-refractivity contribution < 1.29 is 34.3 Å². The standard InChI is InChI=1S/C7H14O3.C6H14O4/c1-3-4-5-10-6(2)7(8)9;7-1-3-9-5-6-10-4-2-8/h6H,3-5H2,1-2H3,(H,8,9);7-8H,1-6H2. The summed E-state index contributed by atoms with van der Waals surface area (Å²) in [6.07, 6.45) is 1.30. The fourth-order valence-electron chi connectivity index (χ4n) is 0.927. The van der Waals surface area contributed by atoms with Gasteiger partial charge in [-0.05, 0) is 13.3 Å². The second kappa shape index (κ2) is 18.3. The Hall–Kier alpha value is -0.730. The van der Waals surface area contributed by atoms with Crippen LogP contribution in [-0.4, -0.2) is 73.6 Å². The molecule has 7 nitrogen and oxygen atoms in total. The molecule has 3 N–H and O–H groups in total. The third-order valence-corrected chi connectivity index (χ3v) is 2.06. The third kappa shape index (κ3) is 19.6. The van der Waals surface area contributed by atoms with E-state index in [9.17, 15) is 4.79 Å². The van der Waals surface area contributed by atoms with Gasteiger partial charge in [-0.25, -0.2) is 4.79 Å². The van der Waals surface area contributed by atoms with Crippen LogP contribution in [0.15, 0.2) is 0 Å². The lowest BCUT2D eigenvalue weighted by atomic mass is 10.3. The van der Waals surface area contributed by atoms with Gasteiger partial charge in [-0.3, -0.25) is 0 Å². The topological polar surface area (TPSA) is 105 Å². The molecule has 0 fully saturated rings. The number of aliphatic carboxylic acids is 1. The van der Waals surface area contributed by atoms with Crippen LogP contribution in [0.5, 0.6) is 0 Å². The van der Waals surface area contributed by atoms with Crippen LogP contribution in [0.25, 0.3) is 0 Å². The molecule has 20 heavy (non-hydrogen) atoms. The highest BCUT2D eigenvalue weighted by atomic mass is 16.5. The predicted octanol–water partition coefficient (Wildman–Crippen LogP) is 0.280. The van der Waals surface area contributed by atoms with E-state index in [2.05, 4.69) is 0 Å². The molecule has 0 heterocycles. The Morgan fingerprint density at radius 3 is 1.85 bits per heavy atom. The van der Waals surface area contributed by atoms with E-state index in [4.69, 9.17) is 29.5 Å². The Morgan fingerprint density at radius 1 is 1.00 bits per heavy atom. The molecular formula is C13H28O7. The molecular weight excluding hydrogens is 268 g/mol. The molecule has 0 aliphatic rings. The van der Waals surface area contributed by atoms with Gasteiger partial charge >= 0.3 is 5.97 Å². The molecule has 0 spiro atoms. The van der Waals surface area contributed by atoms with Crippen molar-refractivity contribution in [3.63, 3.8) is 0 Å². The molecule has 1 atom stereocenters. The van der Waals surface area contributed by atoms with Gasteiger partial charge < -0.3 is 29.5 Å². The minimum absolute atomic E-state index is 0.0417. The molecule has 0 rings (SSSR count). The molecule has 0 aromatic heterocycles. The predicted molar refractivity (Wildman–Crippen MR) is 73.8 cm³/mol. The van der Waals surface area contributed by atoms with Gasteiger partial charge in [0.05, 0.1) is 39.6 Å². The number of carbonyl (C=O) groups is 1. The van der Waals surface area contributed by atoms with Crippen molar-refractivity contribution in [1.82, 2.24) is 0 Å². The summed E-state index contributed by atoms with van der Waals surface area (Å²) in [7, 11) is 0. The van der Waals surface area contributed by atoms with Gasteiger partial charge in [0.1, 0.15) is 0 Å². The Morgan fingerprint density at radius 2 is 1.50 bits per heavy atom. The van der Waals surface area contributed by atoms with Gasteiger partial charge in [0.2, 0.25) is 0 Å². The zero-order valence-corrected chi connectivity index (χ0v) is 12.4. The van der Waals surface area contributed by atoms with Crippen molar-refractivity contribution >= 4 is 5.97 Å². The average molecular weight is 296 g/mol. The maximum Gasteiger partial charge on any atom is 0.332 e. The van der Waals surface area contributed by atoms with E-state index in [0.29, 0.717) is 33.0 Å². The smallest absolute Gasteiger partial charge is 0.332 e. The molecule has 1 unspecified atom stereocenters. The van der Waals surface area contributed by atoms with Crippen LogP contribution in [-0.2, 0) is 19.0 Å². The van der Waals surface area contributed by atoms with Crippen LogP contribution >= 0.6 is 0 Å². The number of hydrogen-bond donors (Lipinski definition) is 3. The molecule has 0 bridgehead atoms. The highest BCUT2D eigenvalue weighted by molar-refractivity contribution is 5.71. The molecule has 0 radical (unpaired) electrons. The lowest BCUT2D eigenvalue weighted by Crippen LogP contribution is -2.20. The molecule has 0 saturated heterocycles. The monoisotopic (exact) mass is 296 g/mol. The van der Waals surface area contributed by atoms with Gasteiger partial charge in [-0.15, -0.1) is 0 Å². The minimum atomic E-state index is -0.892. The maximum atomic E-state index is 10.2. The first kappa shape index (κ1) is 21.6. The second-order valence-corrected chi connectivity index (χ2v) is 3.88. The van der Waals surface area contributed by atoms with E-state index >= 15 is 0 Å². The zero-order valence-electron chi connectivity index (χ0n) is 12.4. The first-order valence-electron chi connectivity index (χ1n) is 6.81. The number of carboxylic acid groups (broad SMARTS) is 1. The Bertz CT molecular complexity index is 191. The van der Waals surface area contributed by atoms with Crippen LogP contribution in [0.1, 0.15) is 26.7 Å². The summed E-state index contributed by atoms with van der Waals surface area (Å²) in [5, 5.41) is 24.9. The number of ether oxygens (including phenoxy) is 3. The summed E-state index contributed by atoms with van der Waals surface area (Å²) in [5.41, 5.74) is 0. The molecule has 0 saturated carbocycles. The summed E-state index contributed by atoms with van der Waals surface area (Å²) in [6.45, 7) is 5.85. The zero-order chi connectivity index (χ0) is 15.6. The van der Waals surface area contributed by atoms with Crippen molar-refractivity contribution in [3.05, 3.63) is 0 Å². The van der Waals surface area contributed by atoms with Crippen LogP contribution in [0.3, 0.4) is 0 Å². The highest BCUT2D eigenvalue weighted by Crippen LogP contribution is 1.94. The molecule has 122 valence electrons. The Balaban J connectivity index is 0. The molecule has 0 aromatic carbocycles. The largest absolute Gasteiger partial charge is 0.479 e. The van der Waals surface area contributed by atoms with E-state index in [1.54, 1.807) is 0 Å². The van der Waals surface area contributed by atoms with Crippen molar-refractivity contribution in [2.75, 3.05) is 46.2 Å². The van der Waals surface area contributed by atoms with Crippen LogP contribution in [0.2, 0.25) is 0 Å². The molecule has 0 aromatic rings. The van der Waals surface area contributed by atoms with E-state index in [-0.39, 0.29) is 13.2 Å². The first-order valence-corrected chi connectivity index (χ1v) is 6.81. The van der Waals surface area contributed by atoms with Gasteiger partial charge in [-0.1, -0.05) is 13.3 Å². The minimum Gasteiger partial charge on any atom is -0.479 e. The van der Waals surface area contributed by atoms with Crippen LogP contribution < -0.4 is 0 Å². The SMILES string of the molecule is CCCCOC(C)C(=O)O.OCCOCCOCCO. The quantitative estimate of drug-likeness (QED) is 0.444. The lowest BCUT2D eigenvalue weighted by molar-refractivity contribution is -0.149.